The minimum atomic E-state index is 0.164. The molecule has 0 aliphatic rings. The van der Waals surface area contributed by atoms with Gasteiger partial charge in [0, 0.05) is 30.4 Å². The topological polar surface area (TPSA) is 34.0 Å². The molecule has 0 atom stereocenters. The molecule has 0 amide bonds. The van der Waals surface area contributed by atoms with Gasteiger partial charge in [-0.25, -0.2) is 0 Å². The van der Waals surface area contributed by atoms with Crippen LogP contribution < -0.4 is 10.9 Å². The van der Waals surface area contributed by atoms with Crippen molar-refractivity contribution < 1.29 is 0 Å². The fourth-order valence-electron chi connectivity index (χ4n) is 1.99. The van der Waals surface area contributed by atoms with Gasteiger partial charge in [-0.15, -0.1) is 0 Å². The number of pyridine rings is 1. The third kappa shape index (κ3) is 3.43. The van der Waals surface area contributed by atoms with E-state index in [1.807, 2.05) is 18.4 Å². The molecule has 1 N–H and O–H groups in total. The summed E-state index contributed by atoms with van der Waals surface area (Å²) in [5, 5.41) is 3.32. The Balaban J connectivity index is 3.12. The molecule has 3 heteroatoms. The Kier molecular flexibility index (Phi) is 4.94. The first kappa shape index (κ1) is 14.0. The second kappa shape index (κ2) is 6.01. The third-order valence-electron chi connectivity index (χ3n) is 2.96. The molecule has 0 fully saturated rings. The van der Waals surface area contributed by atoms with Crippen molar-refractivity contribution in [1.82, 2.24) is 9.88 Å². The maximum Gasteiger partial charge on any atom is 0.255 e. The highest BCUT2D eigenvalue weighted by molar-refractivity contribution is 5.26. The van der Waals surface area contributed by atoms with E-state index in [0.717, 1.165) is 29.8 Å². The molecule has 0 aliphatic heterocycles. The van der Waals surface area contributed by atoms with Gasteiger partial charge in [-0.2, -0.15) is 0 Å². The van der Waals surface area contributed by atoms with Crippen molar-refractivity contribution in [1.29, 1.82) is 0 Å². The van der Waals surface area contributed by atoms with Crippen molar-refractivity contribution in [3.63, 3.8) is 0 Å². The third-order valence-corrected chi connectivity index (χ3v) is 2.96. The van der Waals surface area contributed by atoms with Crippen LogP contribution in [0.25, 0.3) is 0 Å². The summed E-state index contributed by atoms with van der Waals surface area (Å²) in [6.07, 6.45) is 0.987. The molecule has 1 aromatic heterocycles. The highest BCUT2D eigenvalue weighted by atomic mass is 16.1. The molecule has 0 radical (unpaired) electrons. The van der Waals surface area contributed by atoms with E-state index in [1.165, 1.54) is 0 Å². The predicted octanol–water partition coefficient (Wildman–Crippen LogP) is 2.37. The van der Waals surface area contributed by atoms with Crippen molar-refractivity contribution in [2.45, 2.75) is 60.2 Å². The minimum Gasteiger partial charge on any atom is -0.313 e. The standard InChI is InChI=1S/C14H24N2O/c1-6-7-16-12(5)8-11(4)13(14(16)17)9-15-10(2)3/h8,10,15H,6-7,9H2,1-5H3. The van der Waals surface area contributed by atoms with Crippen LogP contribution in [0.15, 0.2) is 10.9 Å². The molecule has 1 heterocycles. The van der Waals surface area contributed by atoms with Gasteiger partial charge in [-0.3, -0.25) is 4.79 Å². The van der Waals surface area contributed by atoms with Crippen LogP contribution in [0.2, 0.25) is 0 Å². The molecule has 0 saturated heterocycles. The van der Waals surface area contributed by atoms with Gasteiger partial charge in [0.1, 0.15) is 0 Å². The van der Waals surface area contributed by atoms with Gasteiger partial charge in [0.2, 0.25) is 0 Å². The lowest BCUT2D eigenvalue weighted by atomic mass is 10.1. The van der Waals surface area contributed by atoms with E-state index in [2.05, 4.69) is 32.2 Å². The van der Waals surface area contributed by atoms with Crippen LogP contribution in [-0.4, -0.2) is 10.6 Å². The summed E-state index contributed by atoms with van der Waals surface area (Å²) >= 11 is 0. The van der Waals surface area contributed by atoms with Crippen LogP contribution in [0.4, 0.5) is 0 Å². The van der Waals surface area contributed by atoms with Crippen LogP contribution in [-0.2, 0) is 13.1 Å². The van der Waals surface area contributed by atoms with E-state index < -0.39 is 0 Å². The summed E-state index contributed by atoms with van der Waals surface area (Å²) in [5.74, 6) is 0. The van der Waals surface area contributed by atoms with E-state index in [1.54, 1.807) is 0 Å². The lowest BCUT2D eigenvalue weighted by Gasteiger charge is -2.15. The number of hydrogen-bond donors (Lipinski definition) is 1. The van der Waals surface area contributed by atoms with Crippen LogP contribution in [0.5, 0.6) is 0 Å². The highest BCUT2D eigenvalue weighted by Crippen LogP contribution is 2.07. The monoisotopic (exact) mass is 236 g/mol. The smallest absolute Gasteiger partial charge is 0.255 e. The van der Waals surface area contributed by atoms with Crippen LogP contribution in [0.1, 0.15) is 44.0 Å². The van der Waals surface area contributed by atoms with E-state index in [-0.39, 0.29) is 5.56 Å². The second-order valence-corrected chi connectivity index (χ2v) is 4.94. The maximum atomic E-state index is 12.3. The zero-order valence-corrected chi connectivity index (χ0v) is 11.6. The molecule has 96 valence electrons. The van der Waals surface area contributed by atoms with E-state index in [4.69, 9.17) is 0 Å². The Morgan fingerprint density at radius 2 is 2.00 bits per heavy atom. The molecule has 0 saturated carbocycles. The van der Waals surface area contributed by atoms with Gasteiger partial charge in [-0.1, -0.05) is 20.8 Å². The second-order valence-electron chi connectivity index (χ2n) is 4.94. The van der Waals surface area contributed by atoms with Gasteiger partial charge in [0.25, 0.3) is 5.56 Å². The summed E-state index contributed by atoms with van der Waals surface area (Å²) in [5.41, 5.74) is 3.21. The molecular weight excluding hydrogens is 212 g/mol. The maximum absolute atomic E-state index is 12.3. The van der Waals surface area contributed by atoms with Crippen molar-refractivity contribution >= 4 is 0 Å². The predicted molar refractivity (Wildman–Crippen MR) is 72.4 cm³/mol. The molecule has 17 heavy (non-hydrogen) atoms. The summed E-state index contributed by atoms with van der Waals surface area (Å²) < 4.78 is 1.88. The lowest BCUT2D eigenvalue weighted by molar-refractivity contribution is 0.570. The SMILES string of the molecule is CCCn1c(C)cc(C)c(CNC(C)C)c1=O. The van der Waals surface area contributed by atoms with E-state index in [9.17, 15) is 4.79 Å². The van der Waals surface area contributed by atoms with Crippen LogP contribution in [0, 0.1) is 13.8 Å². The Hall–Kier alpha value is -1.09. The highest BCUT2D eigenvalue weighted by Gasteiger charge is 2.09. The Bertz CT molecular complexity index is 433. The number of nitrogens with zero attached hydrogens (tertiary/aromatic N) is 1. The zero-order valence-electron chi connectivity index (χ0n) is 11.6. The van der Waals surface area contributed by atoms with E-state index in [0.29, 0.717) is 12.6 Å². The van der Waals surface area contributed by atoms with Gasteiger partial charge in [-0.05, 0) is 31.9 Å². The summed E-state index contributed by atoms with van der Waals surface area (Å²) in [7, 11) is 0. The lowest BCUT2D eigenvalue weighted by Crippen LogP contribution is -2.32. The summed E-state index contributed by atoms with van der Waals surface area (Å²) in [6, 6.07) is 2.50. The van der Waals surface area contributed by atoms with Crippen LogP contribution >= 0.6 is 0 Å². The first-order valence-corrected chi connectivity index (χ1v) is 6.40. The molecule has 0 bridgehead atoms. The fraction of sp³-hybridized carbons (Fsp3) is 0.643. The molecule has 0 aromatic carbocycles. The quantitative estimate of drug-likeness (QED) is 0.851. The average molecular weight is 236 g/mol. The Morgan fingerprint density at radius 1 is 1.35 bits per heavy atom. The molecule has 0 spiro atoms. The van der Waals surface area contributed by atoms with Gasteiger partial charge in [0.15, 0.2) is 0 Å². The molecule has 1 aromatic rings. The van der Waals surface area contributed by atoms with Crippen molar-refractivity contribution in [3.05, 3.63) is 33.2 Å². The first-order valence-electron chi connectivity index (χ1n) is 6.40. The number of aryl methyl sites for hydroxylation is 2. The number of rotatable bonds is 5. The average Bonchev–Trinajstić information content (AvgIpc) is 2.23. The first-order chi connectivity index (χ1) is 7.97. The van der Waals surface area contributed by atoms with Gasteiger partial charge < -0.3 is 9.88 Å². The van der Waals surface area contributed by atoms with Crippen molar-refractivity contribution in [2.75, 3.05) is 0 Å². The summed E-state index contributed by atoms with van der Waals surface area (Å²) in [6.45, 7) is 11.8. The number of nitrogens with one attached hydrogen (secondary N) is 1. The minimum absolute atomic E-state index is 0.164. The Morgan fingerprint density at radius 3 is 2.53 bits per heavy atom. The van der Waals surface area contributed by atoms with Crippen molar-refractivity contribution in [3.8, 4) is 0 Å². The molecule has 0 unspecified atom stereocenters. The molecule has 1 rings (SSSR count). The zero-order chi connectivity index (χ0) is 13.0. The fourth-order valence-corrected chi connectivity index (χ4v) is 1.99. The number of hydrogen-bond acceptors (Lipinski definition) is 2. The van der Waals surface area contributed by atoms with Crippen LogP contribution in [0.3, 0.4) is 0 Å². The summed E-state index contributed by atoms with van der Waals surface area (Å²) in [4.78, 5) is 12.3. The molecule has 0 aliphatic carbocycles. The van der Waals surface area contributed by atoms with E-state index >= 15 is 0 Å². The normalized spacial score (nSPS) is 11.2. The van der Waals surface area contributed by atoms with Gasteiger partial charge >= 0.3 is 0 Å². The molecular formula is C14H24N2O. The molecule has 3 nitrogen and oxygen atoms in total. The Labute approximate surface area is 104 Å². The largest absolute Gasteiger partial charge is 0.313 e. The van der Waals surface area contributed by atoms with Crippen molar-refractivity contribution in [2.24, 2.45) is 0 Å². The van der Waals surface area contributed by atoms with Gasteiger partial charge in [0.05, 0.1) is 0 Å². The number of aromatic nitrogens is 1.